The third kappa shape index (κ3) is 4.95. The molecule has 0 bridgehead atoms. The zero-order chi connectivity index (χ0) is 15.2. The van der Waals surface area contributed by atoms with Gasteiger partial charge in [0.05, 0.1) is 5.25 Å². The monoisotopic (exact) mass is 339 g/mol. The van der Waals surface area contributed by atoms with Gasteiger partial charge < -0.3 is 5.32 Å². The first kappa shape index (κ1) is 16.2. The van der Waals surface area contributed by atoms with Crippen LogP contribution in [0.3, 0.4) is 0 Å². The van der Waals surface area contributed by atoms with Crippen molar-refractivity contribution >= 4 is 46.6 Å². The van der Waals surface area contributed by atoms with Gasteiger partial charge in [-0.2, -0.15) is 0 Å². The smallest absolute Gasteiger partial charge is 0.237 e. The average molecular weight is 340 g/mol. The molecule has 0 aromatic heterocycles. The lowest BCUT2D eigenvalue weighted by Crippen LogP contribution is -2.24. The first-order valence-electron chi connectivity index (χ1n) is 6.57. The summed E-state index contributed by atoms with van der Waals surface area (Å²) in [6, 6.07) is 14.6. The van der Waals surface area contributed by atoms with Crippen LogP contribution >= 0.6 is 35.0 Å². The number of thioether (sulfide) groups is 1. The minimum atomic E-state index is -0.151. The molecule has 0 spiro atoms. The van der Waals surface area contributed by atoms with Crippen molar-refractivity contribution in [3.05, 3.63) is 58.6 Å². The van der Waals surface area contributed by atoms with E-state index >= 15 is 0 Å². The third-order valence-electron chi connectivity index (χ3n) is 2.87. The van der Waals surface area contributed by atoms with Gasteiger partial charge in [0.2, 0.25) is 5.91 Å². The van der Waals surface area contributed by atoms with E-state index in [0.717, 1.165) is 17.0 Å². The van der Waals surface area contributed by atoms with Crippen LogP contribution in [0.4, 0.5) is 5.69 Å². The van der Waals surface area contributed by atoms with E-state index in [9.17, 15) is 4.79 Å². The summed E-state index contributed by atoms with van der Waals surface area (Å²) < 4.78 is 0. The quantitative estimate of drug-likeness (QED) is 0.728. The molecule has 2 nitrogen and oxygen atoms in total. The van der Waals surface area contributed by atoms with Crippen molar-refractivity contribution in [1.82, 2.24) is 0 Å². The maximum atomic E-state index is 12.3. The molecule has 1 unspecified atom stereocenters. The van der Waals surface area contributed by atoms with Crippen LogP contribution in [0, 0.1) is 0 Å². The van der Waals surface area contributed by atoms with Crippen LogP contribution in [0.15, 0.2) is 53.4 Å². The minimum Gasteiger partial charge on any atom is -0.325 e. The topological polar surface area (TPSA) is 29.1 Å². The van der Waals surface area contributed by atoms with Crippen molar-refractivity contribution in [3.63, 3.8) is 0 Å². The first-order valence-corrected chi connectivity index (χ1v) is 8.20. The van der Waals surface area contributed by atoms with Gasteiger partial charge in [-0.25, -0.2) is 0 Å². The van der Waals surface area contributed by atoms with Gasteiger partial charge in [-0.15, -0.1) is 11.8 Å². The molecule has 110 valence electrons. The van der Waals surface area contributed by atoms with E-state index in [4.69, 9.17) is 23.2 Å². The number of hydrogen-bond acceptors (Lipinski definition) is 2. The third-order valence-corrected chi connectivity index (χ3v) is 4.75. The molecular formula is C16H15Cl2NOS. The van der Waals surface area contributed by atoms with Crippen molar-refractivity contribution in [2.75, 3.05) is 5.32 Å². The van der Waals surface area contributed by atoms with Crippen LogP contribution < -0.4 is 5.32 Å². The molecule has 0 saturated carbocycles. The molecule has 21 heavy (non-hydrogen) atoms. The Morgan fingerprint density at radius 3 is 2.10 bits per heavy atom. The highest BCUT2D eigenvalue weighted by Gasteiger charge is 2.18. The second-order valence-electron chi connectivity index (χ2n) is 4.46. The molecule has 0 heterocycles. The fourth-order valence-electron chi connectivity index (χ4n) is 1.76. The molecule has 2 aromatic rings. The molecule has 5 heteroatoms. The number of hydrogen-bond donors (Lipinski definition) is 1. The number of benzene rings is 2. The molecule has 1 amide bonds. The Balaban J connectivity index is 2.01. The highest BCUT2D eigenvalue weighted by molar-refractivity contribution is 8.00. The van der Waals surface area contributed by atoms with Gasteiger partial charge in [-0.05, 0) is 55.0 Å². The summed E-state index contributed by atoms with van der Waals surface area (Å²) in [7, 11) is 0. The summed E-state index contributed by atoms with van der Waals surface area (Å²) in [6.45, 7) is 2.00. The van der Waals surface area contributed by atoms with Crippen LogP contribution in [0.1, 0.15) is 13.3 Å². The van der Waals surface area contributed by atoms with Crippen LogP contribution in [0.2, 0.25) is 10.0 Å². The lowest BCUT2D eigenvalue weighted by atomic mass is 10.3. The van der Waals surface area contributed by atoms with E-state index in [1.807, 2.05) is 31.2 Å². The van der Waals surface area contributed by atoms with Gasteiger partial charge in [0.25, 0.3) is 0 Å². The fraction of sp³-hybridized carbons (Fsp3) is 0.188. The molecular weight excluding hydrogens is 325 g/mol. The number of halogens is 2. The van der Waals surface area contributed by atoms with Gasteiger partial charge in [-0.3, -0.25) is 4.79 Å². The van der Waals surface area contributed by atoms with E-state index in [1.165, 1.54) is 11.8 Å². The summed E-state index contributed by atoms with van der Waals surface area (Å²) in [5.41, 5.74) is 0.750. The van der Waals surface area contributed by atoms with Crippen molar-refractivity contribution in [2.45, 2.75) is 23.5 Å². The van der Waals surface area contributed by atoms with E-state index in [0.29, 0.717) is 10.0 Å². The first-order chi connectivity index (χ1) is 10.1. The SMILES string of the molecule is CCC(Sc1ccc(Cl)cc1)C(=O)Nc1ccc(Cl)cc1. The Morgan fingerprint density at radius 1 is 1.05 bits per heavy atom. The molecule has 2 aromatic carbocycles. The summed E-state index contributed by atoms with van der Waals surface area (Å²) in [5, 5.41) is 4.10. The highest BCUT2D eigenvalue weighted by Crippen LogP contribution is 2.27. The molecule has 0 aliphatic carbocycles. The number of nitrogens with one attached hydrogen (secondary N) is 1. The lowest BCUT2D eigenvalue weighted by molar-refractivity contribution is -0.115. The van der Waals surface area contributed by atoms with E-state index in [1.54, 1.807) is 24.3 Å². The zero-order valence-electron chi connectivity index (χ0n) is 11.5. The molecule has 0 radical (unpaired) electrons. The number of amides is 1. The number of carbonyl (C=O) groups excluding carboxylic acids is 1. The molecule has 0 aliphatic rings. The maximum absolute atomic E-state index is 12.3. The van der Waals surface area contributed by atoms with Crippen molar-refractivity contribution in [1.29, 1.82) is 0 Å². The molecule has 2 rings (SSSR count). The van der Waals surface area contributed by atoms with Crippen LogP contribution in [-0.4, -0.2) is 11.2 Å². The highest BCUT2D eigenvalue weighted by atomic mass is 35.5. The lowest BCUT2D eigenvalue weighted by Gasteiger charge is -2.15. The van der Waals surface area contributed by atoms with Crippen molar-refractivity contribution < 1.29 is 4.79 Å². The Bertz CT molecular complexity index is 599. The standard InChI is InChI=1S/C16H15Cl2NOS/c1-2-15(21-14-9-5-12(18)6-10-14)16(20)19-13-7-3-11(17)4-8-13/h3-10,15H,2H2,1H3,(H,19,20). The molecule has 0 saturated heterocycles. The van der Waals surface area contributed by atoms with Crippen molar-refractivity contribution in [3.8, 4) is 0 Å². The van der Waals surface area contributed by atoms with Gasteiger partial charge >= 0.3 is 0 Å². The number of anilines is 1. The normalized spacial score (nSPS) is 12.0. The van der Waals surface area contributed by atoms with Crippen LogP contribution in [0.5, 0.6) is 0 Å². The molecule has 1 N–H and O–H groups in total. The molecule has 0 aliphatic heterocycles. The number of carbonyl (C=O) groups is 1. The van der Waals surface area contributed by atoms with E-state index in [-0.39, 0.29) is 11.2 Å². The predicted octanol–water partition coefficient (Wildman–Crippen LogP) is 5.50. The largest absolute Gasteiger partial charge is 0.325 e. The molecule has 0 fully saturated rings. The van der Waals surface area contributed by atoms with E-state index in [2.05, 4.69) is 5.32 Å². The van der Waals surface area contributed by atoms with Crippen LogP contribution in [0.25, 0.3) is 0 Å². The second kappa shape index (κ2) is 7.74. The Hall–Kier alpha value is -1.16. The predicted molar refractivity (Wildman–Crippen MR) is 91.5 cm³/mol. The summed E-state index contributed by atoms with van der Waals surface area (Å²) >= 11 is 13.2. The van der Waals surface area contributed by atoms with Gasteiger partial charge in [0.1, 0.15) is 0 Å². The number of rotatable bonds is 5. The minimum absolute atomic E-state index is 0.0141. The molecule has 1 atom stereocenters. The van der Waals surface area contributed by atoms with Gasteiger partial charge in [-0.1, -0.05) is 30.1 Å². The Labute approximate surface area is 138 Å². The summed E-state index contributed by atoms with van der Waals surface area (Å²) in [6.07, 6.45) is 0.743. The van der Waals surface area contributed by atoms with E-state index < -0.39 is 0 Å². The Morgan fingerprint density at radius 2 is 1.57 bits per heavy atom. The van der Waals surface area contributed by atoms with Gasteiger partial charge in [0, 0.05) is 20.6 Å². The zero-order valence-corrected chi connectivity index (χ0v) is 13.8. The second-order valence-corrected chi connectivity index (χ2v) is 6.61. The van der Waals surface area contributed by atoms with Crippen LogP contribution in [-0.2, 0) is 4.79 Å². The maximum Gasteiger partial charge on any atom is 0.237 e. The van der Waals surface area contributed by atoms with Gasteiger partial charge in [0.15, 0.2) is 0 Å². The fourth-order valence-corrected chi connectivity index (χ4v) is 2.96. The Kier molecular flexibility index (Phi) is 5.97. The average Bonchev–Trinajstić information content (AvgIpc) is 2.49. The summed E-state index contributed by atoms with van der Waals surface area (Å²) in [5.74, 6) is -0.0141. The summed E-state index contributed by atoms with van der Waals surface area (Å²) in [4.78, 5) is 13.3. The van der Waals surface area contributed by atoms with Crippen molar-refractivity contribution in [2.24, 2.45) is 0 Å².